The predicted octanol–water partition coefficient (Wildman–Crippen LogP) is 3.54. The van der Waals surface area contributed by atoms with E-state index in [4.69, 9.17) is 0 Å². The summed E-state index contributed by atoms with van der Waals surface area (Å²) in [5, 5.41) is 8.57. The Balaban J connectivity index is 1.77. The fourth-order valence-electron chi connectivity index (χ4n) is 3.25. The topological polar surface area (TPSA) is 59.8 Å². The minimum absolute atomic E-state index is 0.145. The number of hydrogen-bond acceptors (Lipinski definition) is 5. The average Bonchev–Trinajstić information content (AvgIpc) is 3.03. The van der Waals surface area contributed by atoms with E-state index < -0.39 is 0 Å². The molecular weight excluding hydrogens is 320 g/mol. The number of hydrogen-bond donors (Lipinski definition) is 1. The van der Waals surface area contributed by atoms with Crippen LogP contribution in [0, 0.1) is 5.92 Å². The van der Waals surface area contributed by atoms with Crippen molar-refractivity contribution in [2.24, 2.45) is 5.92 Å². The zero-order valence-corrected chi connectivity index (χ0v) is 14.2. The molecule has 0 bridgehead atoms. The Kier molecular flexibility index (Phi) is 3.98. The van der Waals surface area contributed by atoms with Crippen LogP contribution in [0.3, 0.4) is 0 Å². The van der Waals surface area contributed by atoms with Gasteiger partial charge in [-0.15, -0.1) is 5.10 Å². The first-order chi connectivity index (χ1) is 11.8. The van der Waals surface area contributed by atoms with E-state index in [9.17, 15) is 4.79 Å². The highest BCUT2D eigenvalue weighted by Gasteiger charge is 2.39. The van der Waals surface area contributed by atoms with Crippen LogP contribution in [0.5, 0.6) is 0 Å². The van der Waals surface area contributed by atoms with Gasteiger partial charge in [0.15, 0.2) is 0 Å². The highest BCUT2D eigenvalue weighted by Crippen LogP contribution is 2.39. The number of fused-ring (bicyclic) bond motifs is 2. The monoisotopic (exact) mass is 338 g/mol. The van der Waals surface area contributed by atoms with Crippen molar-refractivity contribution in [3.8, 4) is 0 Å². The fraction of sp³-hybridized carbons (Fsp3) is 0.278. The van der Waals surface area contributed by atoms with Crippen molar-refractivity contribution in [2.45, 2.75) is 24.0 Å². The summed E-state index contributed by atoms with van der Waals surface area (Å²) in [7, 11) is 0. The van der Waals surface area contributed by atoms with E-state index in [2.05, 4.69) is 33.6 Å². The zero-order chi connectivity index (χ0) is 16.5. The van der Waals surface area contributed by atoms with Crippen LogP contribution in [0.1, 0.15) is 24.4 Å². The average molecular weight is 338 g/mol. The minimum Gasteiger partial charge on any atom is -0.328 e. The Labute approximate surface area is 144 Å². The van der Waals surface area contributed by atoms with E-state index in [0.717, 1.165) is 17.7 Å². The van der Waals surface area contributed by atoms with Crippen LogP contribution >= 0.6 is 11.8 Å². The molecule has 122 valence electrons. The van der Waals surface area contributed by atoms with Gasteiger partial charge in [-0.25, -0.2) is 4.68 Å². The molecule has 4 rings (SSSR count). The molecular formula is C18H18N4OS. The summed E-state index contributed by atoms with van der Waals surface area (Å²) in [5.41, 5.74) is 2.07. The third kappa shape index (κ3) is 2.67. The van der Waals surface area contributed by atoms with Crippen molar-refractivity contribution >= 4 is 29.6 Å². The summed E-state index contributed by atoms with van der Waals surface area (Å²) in [6, 6.07) is 9.96. The van der Waals surface area contributed by atoms with Gasteiger partial charge < -0.3 is 5.32 Å². The summed E-state index contributed by atoms with van der Waals surface area (Å²) in [4.78, 5) is 17.1. The molecule has 24 heavy (non-hydrogen) atoms. The normalized spacial score (nSPS) is 22.7. The number of aromatic nitrogens is 3. The molecule has 0 radical (unpaired) electrons. The number of Topliss-reactive ketones (excluding diaryl/α,β-unsaturated/α-hetero) is 1. The lowest BCUT2D eigenvalue weighted by Gasteiger charge is -2.34. The Morgan fingerprint density at radius 3 is 2.96 bits per heavy atom. The van der Waals surface area contributed by atoms with Crippen LogP contribution in [0.4, 0.5) is 5.95 Å². The van der Waals surface area contributed by atoms with E-state index >= 15 is 0 Å². The molecule has 1 aromatic heterocycles. The SMILES string of the molecule is CSc1nc2n(n1)[C@@H](/C=C/c1ccccc1)[C@@H]1C(=O)CCC=C1N2. The number of allylic oxidation sites excluding steroid dienone is 3. The molecule has 1 aliphatic carbocycles. The smallest absolute Gasteiger partial charge is 0.227 e. The van der Waals surface area contributed by atoms with Crippen molar-refractivity contribution in [1.29, 1.82) is 0 Å². The highest BCUT2D eigenvalue weighted by molar-refractivity contribution is 7.98. The number of carbonyl (C=O) groups excluding carboxylic acids is 1. The minimum atomic E-state index is -0.206. The van der Waals surface area contributed by atoms with Crippen LogP contribution in [-0.4, -0.2) is 26.8 Å². The molecule has 2 aromatic rings. The molecule has 2 heterocycles. The predicted molar refractivity (Wildman–Crippen MR) is 95.8 cm³/mol. The van der Waals surface area contributed by atoms with Crippen LogP contribution in [0.25, 0.3) is 6.08 Å². The van der Waals surface area contributed by atoms with Gasteiger partial charge in [0.25, 0.3) is 0 Å². The lowest BCUT2D eigenvalue weighted by atomic mass is 9.83. The van der Waals surface area contributed by atoms with Crippen LogP contribution < -0.4 is 5.32 Å². The first kappa shape index (κ1) is 15.2. The van der Waals surface area contributed by atoms with Crippen molar-refractivity contribution < 1.29 is 4.79 Å². The lowest BCUT2D eigenvalue weighted by Crippen LogP contribution is -2.37. The molecule has 0 fully saturated rings. The highest BCUT2D eigenvalue weighted by atomic mass is 32.2. The Morgan fingerprint density at radius 2 is 2.17 bits per heavy atom. The number of nitrogens with zero attached hydrogens (tertiary/aromatic N) is 3. The molecule has 2 aliphatic rings. The number of anilines is 1. The molecule has 1 aliphatic heterocycles. The summed E-state index contributed by atoms with van der Waals surface area (Å²) in [5.74, 6) is 0.761. The van der Waals surface area contributed by atoms with Gasteiger partial charge in [0, 0.05) is 12.1 Å². The van der Waals surface area contributed by atoms with Gasteiger partial charge >= 0.3 is 0 Å². The molecule has 6 heteroatoms. The number of nitrogens with one attached hydrogen (secondary N) is 1. The summed E-state index contributed by atoms with van der Waals surface area (Å²) >= 11 is 1.50. The molecule has 0 saturated heterocycles. The number of benzene rings is 1. The maximum Gasteiger partial charge on any atom is 0.227 e. The van der Waals surface area contributed by atoms with E-state index in [1.807, 2.05) is 41.3 Å². The van der Waals surface area contributed by atoms with E-state index in [0.29, 0.717) is 17.5 Å². The molecule has 5 nitrogen and oxygen atoms in total. The van der Waals surface area contributed by atoms with Crippen LogP contribution in [0.15, 0.2) is 53.3 Å². The molecule has 0 unspecified atom stereocenters. The molecule has 1 aromatic carbocycles. The lowest BCUT2D eigenvalue weighted by molar-refractivity contribution is -0.123. The van der Waals surface area contributed by atoms with E-state index in [1.54, 1.807) is 0 Å². The third-order valence-electron chi connectivity index (χ3n) is 4.40. The molecule has 0 amide bonds. The zero-order valence-electron chi connectivity index (χ0n) is 13.3. The van der Waals surface area contributed by atoms with Gasteiger partial charge in [-0.05, 0) is 18.2 Å². The van der Waals surface area contributed by atoms with Crippen molar-refractivity contribution in [1.82, 2.24) is 14.8 Å². The van der Waals surface area contributed by atoms with Crippen LogP contribution in [-0.2, 0) is 4.79 Å². The van der Waals surface area contributed by atoms with Gasteiger partial charge in [0.1, 0.15) is 5.78 Å². The number of carbonyl (C=O) groups is 1. The second-order valence-electron chi connectivity index (χ2n) is 5.89. The second kappa shape index (κ2) is 6.28. The van der Waals surface area contributed by atoms with E-state index in [-0.39, 0.29) is 17.7 Å². The number of rotatable bonds is 3. The number of ketones is 1. The third-order valence-corrected chi connectivity index (χ3v) is 4.93. The van der Waals surface area contributed by atoms with Gasteiger partial charge in [0.2, 0.25) is 11.1 Å². The second-order valence-corrected chi connectivity index (χ2v) is 6.67. The molecule has 0 spiro atoms. The van der Waals surface area contributed by atoms with Crippen LogP contribution in [0.2, 0.25) is 0 Å². The van der Waals surface area contributed by atoms with Gasteiger partial charge in [-0.1, -0.05) is 60.3 Å². The first-order valence-electron chi connectivity index (χ1n) is 8.00. The van der Waals surface area contributed by atoms with Crippen molar-refractivity contribution in [2.75, 3.05) is 11.6 Å². The molecule has 2 atom stereocenters. The summed E-state index contributed by atoms with van der Waals surface area (Å²) in [6.07, 6.45) is 9.57. The van der Waals surface area contributed by atoms with Crippen molar-refractivity contribution in [3.63, 3.8) is 0 Å². The van der Waals surface area contributed by atoms with Gasteiger partial charge in [-0.2, -0.15) is 4.98 Å². The van der Waals surface area contributed by atoms with Gasteiger partial charge in [-0.3, -0.25) is 4.79 Å². The largest absolute Gasteiger partial charge is 0.328 e. The summed E-state index contributed by atoms with van der Waals surface area (Å²) < 4.78 is 1.84. The number of thioether (sulfide) groups is 1. The fourth-order valence-corrected chi connectivity index (χ4v) is 3.60. The molecule has 1 N–H and O–H groups in total. The van der Waals surface area contributed by atoms with Crippen molar-refractivity contribution in [3.05, 3.63) is 53.7 Å². The first-order valence-corrected chi connectivity index (χ1v) is 9.22. The standard InChI is InChI=1S/C18H18N4OS/c1-24-18-20-17-19-13-8-5-9-15(23)16(13)14(22(17)21-18)11-10-12-6-3-2-4-7-12/h2-4,6-8,10-11,14,16H,5,9H2,1H3,(H,19,20,21)/b11-10+/t14-,16+/m0/s1. The molecule has 0 saturated carbocycles. The maximum absolute atomic E-state index is 12.6. The summed E-state index contributed by atoms with van der Waals surface area (Å²) in [6.45, 7) is 0. The van der Waals surface area contributed by atoms with E-state index in [1.165, 1.54) is 11.8 Å². The van der Waals surface area contributed by atoms with Gasteiger partial charge in [0.05, 0.1) is 12.0 Å². The Morgan fingerprint density at radius 1 is 1.33 bits per heavy atom. The Hall–Kier alpha value is -2.34. The Bertz CT molecular complexity index is 825. The maximum atomic E-state index is 12.6. The quantitative estimate of drug-likeness (QED) is 0.868.